The van der Waals surface area contributed by atoms with E-state index in [0.29, 0.717) is 6.79 Å². The summed E-state index contributed by atoms with van der Waals surface area (Å²) >= 11 is 0. The lowest BCUT2D eigenvalue weighted by atomic mass is 10.1. The Morgan fingerprint density at radius 3 is 2.75 bits per heavy atom. The molecule has 0 aliphatic carbocycles. The standard InChI is InChI=1S/C9H18O3/c1-3-9(12-8-11-2)6-4-5-7-10/h3,9-10H,1,4-8H2,2H3/t9-/m1/s1. The van der Waals surface area contributed by atoms with Gasteiger partial charge in [-0.1, -0.05) is 6.08 Å². The number of hydrogen-bond donors (Lipinski definition) is 1. The molecule has 0 saturated carbocycles. The van der Waals surface area contributed by atoms with Crippen LogP contribution in [0.5, 0.6) is 0 Å². The second kappa shape index (κ2) is 8.71. The first kappa shape index (κ1) is 11.6. The smallest absolute Gasteiger partial charge is 0.147 e. The van der Waals surface area contributed by atoms with Crippen LogP contribution in [0.4, 0.5) is 0 Å². The molecule has 0 fully saturated rings. The molecule has 0 aromatic heterocycles. The van der Waals surface area contributed by atoms with Gasteiger partial charge in [-0.05, 0) is 19.3 Å². The fraction of sp³-hybridized carbons (Fsp3) is 0.778. The third-order valence-corrected chi connectivity index (χ3v) is 1.56. The zero-order valence-corrected chi connectivity index (χ0v) is 7.66. The zero-order chi connectivity index (χ0) is 9.23. The number of aliphatic hydroxyl groups is 1. The van der Waals surface area contributed by atoms with E-state index < -0.39 is 0 Å². The summed E-state index contributed by atoms with van der Waals surface area (Å²) in [7, 11) is 1.59. The van der Waals surface area contributed by atoms with E-state index in [1.54, 1.807) is 13.2 Å². The molecule has 0 aliphatic rings. The van der Waals surface area contributed by atoms with E-state index in [4.69, 9.17) is 14.6 Å². The Morgan fingerprint density at radius 2 is 2.25 bits per heavy atom. The van der Waals surface area contributed by atoms with Crippen molar-refractivity contribution in [1.29, 1.82) is 0 Å². The van der Waals surface area contributed by atoms with Gasteiger partial charge < -0.3 is 14.6 Å². The number of methoxy groups -OCH3 is 1. The van der Waals surface area contributed by atoms with Crippen LogP contribution in [0.3, 0.4) is 0 Å². The molecule has 0 amide bonds. The van der Waals surface area contributed by atoms with Crippen molar-refractivity contribution in [1.82, 2.24) is 0 Å². The van der Waals surface area contributed by atoms with Gasteiger partial charge in [-0.2, -0.15) is 0 Å². The van der Waals surface area contributed by atoms with E-state index in [1.165, 1.54) is 0 Å². The summed E-state index contributed by atoms with van der Waals surface area (Å²) in [6.07, 6.45) is 4.48. The number of aliphatic hydroxyl groups excluding tert-OH is 1. The van der Waals surface area contributed by atoms with Crippen LogP contribution < -0.4 is 0 Å². The molecule has 0 spiro atoms. The highest BCUT2D eigenvalue weighted by Gasteiger charge is 2.02. The van der Waals surface area contributed by atoms with Crippen LogP contribution in [0.2, 0.25) is 0 Å². The van der Waals surface area contributed by atoms with Gasteiger partial charge in [0.25, 0.3) is 0 Å². The van der Waals surface area contributed by atoms with Gasteiger partial charge in [0.2, 0.25) is 0 Å². The second-order valence-electron chi connectivity index (χ2n) is 2.57. The van der Waals surface area contributed by atoms with Crippen LogP contribution in [0, 0.1) is 0 Å². The van der Waals surface area contributed by atoms with E-state index in [0.717, 1.165) is 19.3 Å². The molecule has 0 radical (unpaired) electrons. The highest BCUT2D eigenvalue weighted by atomic mass is 16.7. The predicted octanol–water partition coefficient (Wildman–Crippen LogP) is 1.32. The van der Waals surface area contributed by atoms with Crippen LogP contribution in [0.25, 0.3) is 0 Å². The largest absolute Gasteiger partial charge is 0.396 e. The number of ether oxygens (including phenoxy) is 2. The van der Waals surface area contributed by atoms with E-state index in [-0.39, 0.29) is 12.7 Å². The van der Waals surface area contributed by atoms with Crippen LogP contribution in [-0.4, -0.2) is 31.7 Å². The third kappa shape index (κ3) is 6.34. The summed E-state index contributed by atoms with van der Waals surface area (Å²) in [5, 5.41) is 8.54. The Kier molecular flexibility index (Phi) is 8.44. The van der Waals surface area contributed by atoms with Crippen molar-refractivity contribution in [3.63, 3.8) is 0 Å². The fourth-order valence-electron chi connectivity index (χ4n) is 0.882. The van der Waals surface area contributed by atoms with Gasteiger partial charge in [0, 0.05) is 13.7 Å². The summed E-state index contributed by atoms with van der Waals surface area (Å²) in [6, 6.07) is 0. The van der Waals surface area contributed by atoms with Crippen molar-refractivity contribution in [2.75, 3.05) is 20.5 Å². The molecule has 0 rings (SSSR count). The molecule has 0 aromatic rings. The van der Waals surface area contributed by atoms with Crippen molar-refractivity contribution in [3.05, 3.63) is 12.7 Å². The van der Waals surface area contributed by atoms with Crippen LogP contribution >= 0.6 is 0 Å². The average Bonchev–Trinajstić information content (AvgIpc) is 2.11. The Balaban J connectivity index is 3.32. The molecule has 1 N–H and O–H groups in total. The maximum Gasteiger partial charge on any atom is 0.147 e. The number of rotatable bonds is 8. The average molecular weight is 174 g/mol. The fourth-order valence-corrected chi connectivity index (χ4v) is 0.882. The predicted molar refractivity (Wildman–Crippen MR) is 47.9 cm³/mol. The highest BCUT2D eigenvalue weighted by molar-refractivity contribution is 4.79. The van der Waals surface area contributed by atoms with E-state index in [2.05, 4.69) is 6.58 Å². The van der Waals surface area contributed by atoms with Gasteiger partial charge in [-0.3, -0.25) is 0 Å². The van der Waals surface area contributed by atoms with Crippen molar-refractivity contribution < 1.29 is 14.6 Å². The molecule has 1 atom stereocenters. The first-order chi connectivity index (χ1) is 5.85. The molecule has 12 heavy (non-hydrogen) atoms. The normalized spacial score (nSPS) is 12.8. The molecule has 0 unspecified atom stereocenters. The monoisotopic (exact) mass is 174 g/mol. The van der Waals surface area contributed by atoms with Gasteiger partial charge in [-0.25, -0.2) is 0 Å². The van der Waals surface area contributed by atoms with Crippen LogP contribution in [0.1, 0.15) is 19.3 Å². The lowest BCUT2D eigenvalue weighted by Gasteiger charge is -2.12. The van der Waals surface area contributed by atoms with Gasteiger partial charge in [0.1, 0.15) is 6.79 Å². The Hall–Kier alpha value is -0.380. The van der Waals surface area contributed by atoms with Crippen molar-refractivity contribution in [2.24, 2.45) is 0 Å². The van der Waals surface area contributed by atoms with Gasteiger partial charge >= 0.3 is 0 Å². The summed E-state index contributed by atoms with van der Waals surface area (Å²) in [4.78, 5) is 0. The molecule has 0 aliphatic heterocycles. The van der Waals surface area contributed by atoms with Gasteiger partial charge in [-0.15, -0.1) is 6.58 Å². The Bertz CT molecular complexity index is 104. The van der Waals surface area contributed by atoms with Crippen molar-refractivity contribution >= 4 is 0 Å². The maximum atomic E-state index is 8.54. The third-order valence-electron chi connectivity index (χ3n) is 1.56. The summed E-state index contributed by atoms with van der Waals surface area (Å²) in [5.41, 5.74) is 0. The number of unbranched alkanes of at least 4 members (excludes halogenated alkanes) is 1. The molecular weight excluding hydrogens is 156 g/mol. The minimum atomic E-state index is 0.0523. The lowest BCUT2D eigenvalue weighted by molar-refractivity contribution is -0.0580. The van der Waals surface area contributed by atoms with E-state index in [1.807, 2.05) is 0 Å². The topological polar surface area (TPSA) is 38.7 Å². The summed E-state index contributed by atoms with van der Waals surface area (Å²) in [6.45, 7) is 4.20. The van der Waals surface area contributed by atoms with Crippen LogP contribution in [0.15, 0.2) is 12.7 Å². The SMILES string of the molecule is C=C[C@H](CCCCO)OCOC. The first-order valence-corrected chi connectivity index (χ1v) is 4.19. The molecule has 0 bridgehead atoms. The first-order valence-electron chi connectivity index (χ1n) is 4.19. The summed E-state index contributed by atoms with van der Waals surface area (Å²) in [5.74, 6) is 0. The zero-order valence-electron chi connectivity index (χ0n) is 7.66. The quantitative estimate of drug-likeness (QED) is 0.343. The van der Waals surface area contributed by atoms with E-state index >= 15 is 0 Å². The number of hydrogen-bond acceptors (Lipinski definition) is 3. The molecule has 0 heterocycles. The molecule has 3 heteroatoms. The van der Waals surface area contributed by atoms with Crippen molar-refractivity contribution in [3.8, 4) is 0 Å². The lowest BCUT2D eigenvalue weighted by Crippen LogP contribution is -2.11. The highest BCUT2D eigenvalue weighted by Crippen LogP contribution is 2.05. The van der Waals surface area contributed by atoms with E-state index in [9.17, 15) is 0 Å². The molecule has 0 aromatic carbocycles. The maximum absolute atomic E-state index is 8.54. The molecule has 0 saturated heterocycles. The molecule has 3 nitrogen and oxygen atoms in total. The van der Waals surface area contributed by atoms with Gasteiger partial charge in [0.15, 0.2) is 0 Å². The Labute approximate surface area is 74.0 Å². The van der Waals surface area contributed by atoms with Gasteiger partial charge in [0.05, 0.1) is 6.10 Å². The molecular formula is C9H18O3. The Morgan fingerprint density at radius 1 is 1.50 bits per heavy atom. The summed E-state index contributed by atoms with van der Waals surface area (Å²) < 4.78 is 10.0. The minimum absolute atomic E-state index is 0.0523. The molecule has 72 valence electrons. The second-order valence-corrected chi connectivity index (χ2v) is 2.57. The minimum Gasteiger partial charge on any atom is -0.396 e. The van der Waals surface area contributed by atoms with Crippen molar-refractivity contribution in [2.45, 2.75) is 25.4 Å². The van der Waals surface area contributed by atoms with Crippen LogP contribution in [-0.2, 0) is 9.47 Å².